The summed E-state index contributed by atoms with van der Waals surface area (Å²) in [4.78, 5) is 12.3. The second-order valence-corrected chi connectivity index (χ2v) is 6.09. The summed E-state index contributed by atoms with van der Waals surface area (Å²) in [7, 11) is 0. The third kappa shape index (κ3) is 4.47. The van der Waals surface area contributed by atoms with Gasteiger partial charge in [0.1, 0.15) is 0 Å². The quantitative estimate of drug-likeness (QED) is 0.869. The fraction of sp³-hybridized carbons (Fsp3) is 0.588. The molecular formula is C17H22F3NO2. The molecule has 2 rings (SSSR count). The van der Waals surface area contributed by atoms with Crippen LogP contribution in [0.25, 0.3) is 0 Å². The normalized spacial score (nSPS) is 22.8. The number of carbonyl (C=O) groups is 1. The zero-order valence-electron chi connectivity index (χ0n) is 13.1. The highest BCUT2D eigenvalue weighted by molar-refractivity contribution is 5.83. The molecule has 3 atom stereocenters. The summed E-state index contributed by atoms with van der Waals surface area (Å²) in [6.45, 7) is 2.14. The number of alkyl halides is 3. The van der Waals surface area contributed by atoms with Crippen molar-refractivity contribution in [2.24, 2.45) is 5.92 Å². The summed E-state index contributed by atoms with van der Waals surface area (Å²) in [5, 5.41) is 12.5. The first-order valence-corrected chi connectivity index (χ1v) is 7.95. The lowest BCUT2D eigenvalue weighted by molar-refractivity contribution is -0.137. The SMILES string of the molecule is CCC(C(=O)NCC1CCCC1O)c1cccc(C(F)(F)F)c1. The molecule has 0 bridgehead atoms. The summed E-state index contributed by atoms with van der Waals surface area (Å²) in [5.74, 6) is -0.861. The molecule has 1 fully saturated rings. The van der Waals surface area contributed by atoms with Crippen LogP contribution >= 0.6 is 0 Å². The van der Waals surface area contributed by atoms with Gasteiger partial charge in [0, 0.05) is 12.5 Å². The Bertz CT molecular complexity index is 545. The van der Waals surface area contributed by atoms with Crippen molar-refractivity contribution in [1.29, 1.82) is 0 Å². The van der Waals surface area contributed by atoms with Crippen molar-refractivity contribution in [3.63, 3.8) is 0 Å². The molecule has 0 spiro atoms. The van der Waals surface area contributed by atoms with Crippen LogP contribution in [-0.2, 0) is 11.0 Å². The topological polar surface area (TPSA) is 49.3 Å². The molecule has 0 heterocycles. The Morgan fingerprint density at radius 3 is 2.70 bits per heavy atom. The monoisotopic (exact) mass is 329 g/mol. The molecule has 3 unspecified atom stereocenters. The van der Waals surface area contributed by atoms with E-state index in [2.05, 4.69) is 5.32 Å². The molecule has 0 radical (unpaired) electrons. The van der Waals surface area contributed by atoms with E-state index in [1.54, 1.807) is 13.0 Å². The Labute approximate surface area is 133 Å². The van der Waals surface area contributed by atoms with E-state index < -0.39 is 23.8 Å². The molecule has 1 aliphatic rings. The van der Waals surface area contributed by atoms with E-state index in [0.717, 1.165) is 31.4 Å². The van der Waals surface area contributed by atoms with Crippen molar-refractivity contribution in [2.45, 2.75) is 50.8 Å². The van der Waals surface area contributed by atoms with E-state index in [9.17, 15) is 23.1 Å². The van der Waals surface area contributed by atoms with Crippen LogP contribution in [0.4, 0.5) is 13.2 Å². The summed E-state index contributed by atoms with van der Waals surface area (Å²) in [6.07, 6.45) is -1.86. The Balaban J connectivity index is 2.05. The number of benzene rings is 1. The lowest BCUT2D eigenvalue weighted by Gasteiger charge is -2.20. The van der Waals surface area contributed by atoms with E-state index in [4.69, 9.17) is 0 Å². The van der Waals surface area contributed by atoms with E-state index >= 15 is 0 Å². The van der Waals surface area contributed by atoms with Crippen LogP contribution in [0.2, 0.25) is 0 Å². The number of aliphatic hydroxyl groups is 1. The first kappa shape index (κ1) is 17.8. The molecule has 128 valence electrons. The van der Waals surface area contributed by atoms with Crippen LogP contribution in [0, 0.1) is 5.92 Å². The van der Waals surface area contributed by atoms with Gasteiger partial charge in [-0.15, -0.1) is 0 Å². The molecule has 1 aromatic rings. The number of aliphatic hydroxyl groups excluding tert-OH is 1. The molecular weight excluding hydrogens is 307 g/mol. The molecule has 0 saturated heterocycles. The first-order chi connectivity index (χ1) is 10.8. The largest absolute Gasteiger partial charge is 0.416 e. The molecule has 1 aliphatic carbocycles. The van der Waals surface area contributed by atoms with E-state index in [0.29, 0.717) is 18.5 Å². The minimum absolute atomic E-state index is 0.0398. The number of rotatable bonds is 5. The van der Waals surface area contributed by atoms with Gasteiger partial charge in [-0.05, 0) is 30.9 Å². The Hall–Kier alpha value is -1.56. The summed E-state index contributed by atoms with van der Waals surface area (Å²) < 4.78 is 38.4. The van der Waals surface area contributed by atoms with Gasteiger partial charge >= 0.3 is 6.18 Å². The molecule has 1 aromatic carbocycles. The van der Waals surface area contributed by atoms with Gasteiger partial charge in [-0.25, -0.2) is 0 Å². The van der Waals surface area contributed by atoms with Crippen LogP contribution in [-0.4, -0.2) is 23.7 Å². The van der Waals surface area contributed by atoms with Gasteiger partial charge in [0.05, 0.1) is 17.6 Å². The summed E-state index contributed by atoms with van der Waals surface area (Å²) >= 11 is 0. The number of hydrogen-bond acceptors (Lipinski definition) is 2. The second-order valence-electron chi connectivity index (χ2n) is 6.09. The van der Waals surface area contributed by atoms with Crippen LogP contribution in [0.15, 0.2) is 24.3 Å². The van der Waals surface area contributed by atoms with Gasteiger partial charge in [-0.2, -0.15) is 13.2 Å². The number of carbonyl (C=O) groups excluding carboxylic acids is 1. The fourth-order valence-corrected chi connectivity index (χ4v) is 3.11. The van der Waals surface area contributed by atoms with Gasteiger partial charge < -0.3 is 10.4 Å². The highest BCUT2D eigenvalue weighted by Crippen LogP contribution is 2.32. The fourth-order valence-electron chi connectivity index (χ4n) is 3.11. The van der Waals surface area contributed by atoms with Gasteiger partial charge in [-0.1, -0.05) is 31.5 Å². The van der Waals surface area contributed by atoms with E-state index in [-0.39, 0.29) is 11.8 Å². The predicted octanol–water partition coefficient (Wildman–Crippen LogP) is 3.48. The predicted molar refractivity (Wildman–Crippen MR) is 80.8 cm³/mol. The Morgan fingerprint density at radius 2 is 2.13 bits per heavy atom. The zero-order valence-corrected chi connectivity index (χ0v) is 13.1. The van der Waals surface area contributed by atoms with Crippen molar-refractivity contribution in [3.8, 4) is 0 Å². The maximum atomic E-state index is 12.8. The maximum absolute atomic E-state index is 12.8. The minimum atomic E-state index is -4.42. The smallest absolute Gasteiger partial charge is 0.393 e. The summed E-state index contributed by atoms with van der Waals surface area (Å²) in [5.41, 5.74) is -0.376. The van der Waals surface area contributed by atoms with Crippen LogP contribution in [0.3, 0.4) is 0 Å². The van der Waals surface area contributed by atoms with E-state index in [1.807, 2.05) is 0 Å². The zero-order chi connectivity index (χ0) is 17.0. The van der Waals surface area contributed by atoms with Gasteiger partial charge in [0.25, 0.3) is 0 Å². The highest BCUT2D eigenvalue weighted by Gasteiger charge is 2.32. The average Bonchev–Trinajstić information content (AvgIpc) is 2.91. The van der Waals surface area contributed by atoms with Crippen molar-refractivity contribution in [3.05, 3.63) is 35.4 Å². The average molecular weight is 329 g/mol. The molecule has 1 amide bonds. The lowest BCUT2D eigenvalue weighted by Crippen LogP contribution is -2.35. The molecule has 0 aromatic heterocycles. The number of halogens is 3. The Kier molecular flexibility index (Phi) is 5.68. The third-order valence-corrected chi connectivity index (χ3v) is 4.50. The van der Waals surface area contributed by atoms with Crippen molar-refractivity contribution in [1.82, 2.24) is 5.32 Å². The van der Waals surface area contributed by atoms with E-state index in [1.165, 1.54) is 6.07 Å². The number of hydrogen-bond donors (Lipinski definition) is 2. The van der Waals surface area contributed by atoms with Crippen LogP contribution in [0.1, 0.15) is 49.7 Å². The lowest BCUT2D eigenvalue weighted by atomic mass is 9.93. The molecule has 6 heteroatoms. The van der Waals surface area contributed by atoms with Gasteiger partial charge in [0.15, 0.2) is 0 Å². The second kappa shape index (κ2) is 7.34. The number of nitrogens with one attached hydrogen (secondary N) is 1. The van der Waals surface area contributed by atoms with Crippen LogP contribution in [0.5, 0.6) is 0 Å². The van der Waals surface area contributed by atoms with Crippen molar-refractivity contribution < 1.29 is 23.1 Å². The van der Waals surface area contributed by atoms with Crippen molar-refractivity contribution in [2.75, 3.05) is 6.54 Å². The maximum Gasteiger partial charge on any atom is 0.416 e. The molecule has 1 saturated carbocycles. The molecule has 2 N–H and O–H groups in total. The van der Waals surface area contributed by atoms with Crippen LogP contribution < -0.4 is 5.32 Å². The summed E-state index contributed by atoms with van der Waals surface area (Å²) in [6, 6.07) is 4.92. The standard InChI is InChI=1S/C17H22F3NO2/c1-2-14(11-5-3-7-13(9-11)17(18,19)20)16(23)21-10-12-6-4-8-15(12)22/h3,5,7,9,12,14-15,22H,2,4,6,8,10H2,1H3,(H,21,23). The number of amides is 1. The van der Waals surface area contributed by atoms with Crippen molar-refractivity contribution >= 4 is 5.91 Å². The van der Waals surface area contributed by atoms with Gasteiger partial charge in [-0.3, -0.25) is 4.79 Å². The minimum Gasteiger partial charge on any atom is -0.393 e. The molecule has 0 aliphatic heterocycles. The molecule has 3 nitrogen and oxygen atoms in total. The third-order valence-electron chi connectivity index (χ3n) is 4.50. The first-order valence-electron chi connectivity index (χ1n) is 7.95. The van der Waals surface area contributed by atoms with Gasteiger partial charge in [0.2, 0.25) is 5.91 Å². The Morgan fingerprint density at radius 1 is 1.39 bits per heavy atom. The highest BCUT2D eigenvalue weighted by atomic mass is 19.4. The molecule has 23 heavy (non-hydrogen) atoms.